The Kier molecular flexibility index (Phi) is 3.37. The van der Waals surface area contributed by atoms with Crippen molar-refractivity contribution in [1.82, 2.24) is 0 Å². The van der Waals surface area contributed by atoms with Crippen molar-refractivity contribution in [3.63, 3.8) is 0 Å². The zero-order valence-corrected chi connectivity index (χ0v) is 8.93. The van der Waals surface area contributed by atoms with Crippen LogP contribution in [0.3, 0.4) is 0 Å². The lowest BCUT2D eigenvalue weighted by Gasteiger charge is -2.26. The molecule has 0 saturated carbocycles. The number of hydrogen-bond donors (Lipinski definition) is 0. The standard InChI is InChI=1S/C12H22/c1-9(2)7-12-6-5-10(3)11(4)8-12/h6,9-11H,5,7-8H2,1-4H3. The highest BCUT2D eigenvalue weighted by atomic mass is 14.2. The van der Waals surface area contributed by atoms with Crippen molar-refractivity contribution in [3.05, 3.63) is 11.6 Å². The summed E-state index contributed by atoms with van der Waals surface area (Å²) in [7, 11) is 0. The lowest BCUT2D eigenvalue weighted by molar-refractivity contribution is 0.360. The highest BCUT2D eigenvalue weighted by Crippen LogP contribution is 2.31. The minimum atomic E-state index is 0.830. The van der Waals surface area contributed by atoms with Gasteiger partial charge in [-0.3, -0.25) is 0 Å². The molecule has 0 radical (unpaired) electrons. The first-order valence-electron chi connectivity index (χ1n) is 5.27. The third kappa shape index (κ3) is 2.66. The van der Waals surface area contributed by atoms with E-state index in [0.717, 1.165) is 17.8 Å². The summed E-state index contributed by atoms with van der Waals surface area (Å²) in [5.41, 5.74) is 1.70. The van der Waals surface area contributed by atoms with Gasteiger partial charge in [0.05, 0.1) is 0 Å². The molecule has 0 aromatic heterocycles. The maximum atomic E-state index is 2.48. The van der Waals surface area contributed by atoms with Crippen LogP contribution in [0.5, 0.6) is 0 Å². The van der Waals surface area contributed by atoms with Crippen LogP contribution in [-0.2, 0) is 0 Å². The Balaban J connectivity index is 2.46. The summed E-state index contributed by atoms with van der Waals surface area (Å²) in [5.74, 6) is 2.64. The molecule has 0 aromatic rings. The summed E-state index contributed by atoms with van der Waals surface area (Å²) < 4.78 is 0. The fourth-order valence-electron chi connectivity index (χ4n) is 1.97. The Labute approximate surface area is 77.1 Å². The van der Waals surface area contributed by atoms with Crippen molar-refractivity contribution in [3.8, 4) is 0 Å². The van der Waals surface area contributed by atoms with Crippen LogP contribution in [0.4, 0.5) is 0 Å². The average Bonchev–Trinajstić information content (AvgIpc) is 1.96. The first kappa shape index (κ1) is 9.83. The molecule has 1 aliphatic rings. The van der Waals surface area contributed by atoms with Crippen LogP contribution in [0.15, 0.2) is 11.6 Å². The second-order valence-electron chi connectivity index (χ2n) is 4.85. The van der Waals surface area contributed by atoms with Crippen molar-refractivity contribution < 1.29 is 0 Å². The molecule has 0 bridgehead atoms. The molecule has 0 amide bonds. The number of rotatable bonds is 2. The van der Waals surface area contributed by atoms with E-state index in [4.69, 9.17) is 0 Å². The normalized spacial score (nSPS) is 30.6. The van der Waals surface area contributed by atoms with Gasteiger partial charge in [-0.2, -0.15) is 0 Å². The number of allylic oxidation sites excluding steroid dienone is 2. The maximum absolute atomic E-state index is 2.48. The topological polar surface area (TPSA) is 0 Å². The second-order valence-corrected chi connectivity index (χ2v) is 4.85. The van der Waals surface area contributed by atoms with Crippen molar-refractivity contribution >= 4 is 0 Å². The SMILES string of the molecule is CC(C)CC1=CCC(C)C(C)C1. The van der Waals surface area contributed by atoms with Gasteiger partial charge >= 0.3 is 0 Å². The van der Waals surface area contributed by atoms with Gasteiger partial charge in [0, 0.05) is 0 Å². The van der Waals surface area contributed by atoms with E-state index >= 15 is 0 Å². The molecule has 0 saturated heterocycles. The summed E-state index contributed by atoms with van der Waals surface area (Å²) >= 11 is 0. The van der Waals surface area contributed by atoms with Crippen molar-refractivity contribution in [1.29, 1.82) is 0 Å². The smallest absolute Gasteiger partial charge is 0.0292 e. The van der Waals surface area contributed by atoms with E-state index in [1.165, 1.54) is 19.3 Å². The average molecular weight is 166 g/mol. The van der Waals surface area contributed by atoms with Crippen molar-refractivity contribution in [2.75, 3.05) is 0 Å². The Morgan fingerprint density at radius 1 is 1.33 bits per heavy atom. The molecule has 0 aliphatic heterocycles. The Bertz CT molecular complexity index is 165. The summed E-state index contributed by atoms with van der Waals surface area (Å²) in [6, 6.07) is 0. The van der Waals surface area contributed by atoms with Gasteiger partial charge in [0.25, 0.3) is 0 Å². The Morgan fingerprint density at radius 2 is 2.00 bits per heavy atom. The molecule has 1 rings (SSSR count). The molecule has 2 unspecified atom stereocenters. The summed E-state index contributed by atoms with van der Waals surface area (Å²) in [4.78, 5) is 0. The molecule has 0 heteroatoms. The molecule has 2 atom stereocenters. The van der Waals surface area contributed by atoms with Crippen LogP contribution >= 0.6 is 0 Å². The lowest BCUT2D eigenvalue weighted by Crippen LogP contribution is -2.13. The Morgan fingerprint density at radius 3 is 2.50 bits per heavy atom. The van der Waals surface area contributed by atoms with Crippen molar-refractivity contribution in [2.45, 2.75) is 47.0 Å². The third-order valence-electron chi connectivity index (χ3n) is 3.00. The van der Waals surface area contributed by atoms with E-state index in [-0.39, 0.29) is 0 Å². The molecular formula is C12H22. The fourth-order valence-corrected chi connectivity index (χ4v) is 1.97. The van der Waals surface area contributed by atoms with Crippen LogP contribution in [0, 0.1) is 17.8 Å². The van der Waals surface area contributed by atoms with Gasteiger partial charge in [-0.1, -0.05) is 39.3 Å². The number of hydrogen-bond acceptors (Lipinski definition) is 0. The first-order chi connectivity index (χ1) is 5.59. The van der Waals surface area contributed by atoms with Gasteiger partial charge in [0.15, 0.2) is 0 Å². The van der Waals surface area contributed by atoms with Gasteiger partial charge in [0.1, 0.15) is 0 Å². The molecule has 1 aliphatic carbocycles. The van der Waals surface area contributed by atoms with Crippen LogP contribution < -0.4 is 0 Å². The van der Waals surface area contributed by atoms with Crippen LogP contribution in [0.2, 0.25) is 0 Å². The minimum absolute atomic E-state index is 0.830. The summed E-state index contributed by atoms with van der Waals surface area (Å²) in [6.07, 6.45) is 6.45. The van der Waals surface area contributed by atoms with Crippen LogP contribution in [0.25, 0.3) is 0 Å². The quantitative estimate of drug-likeness (QED) is 0.543. The van der Waals surface area contributed by atoms with E-state index in [0.29, 0.717) is 0 Å². The van der Waals surface area contributed by atoms with Crippen molar-refractivity contribution in [2.24, 2.45) is 17.8 Å². The molecule has 0 N–H and O–H groups in total. The summed E-state index contributed by atoms with van der Waals surface area (Å²) in [5, 5.41) is 0. The zero-order valence-electron chi connectivity index (χ0n) is 8.93. The molecule has 0 heterocycles. The molecule has 0 aromatic carbocycles. The molecular weight excluding hydrogens is 144 g/mol. The highest BCUT2D eigenvalue weighted by molar-refractivity contribution is 5.08. The van der Waals surface area contributed by atoms with Gasteiger partial charge < -0.3 is 0 Å². The minimum Gasteiger partial charge on any atom is -0.0850 e. The van der Waals surface area contributed by atoms with E-state index in [2.05, 4.69) is 33.8 Å². The van der Waals surface area contributed by atoms with Gasteiger partial charge in [-0.25, -0.2) is 0 Å². The fraction of sp³-hybridized carbons (Fsp3) is 0.833. The van der Waals surface area contributed by atoms with Crippen LogP contribution in [-0.4, -0.2) is 0 Å². The maximum Gasteiger partial charge on any atom is -0.0292 e. The second kappa shape index (κ2) is 4.11. The van der Waals surface area contributed by atoms with E-state index in [1.807, 2.05) is 0 Å². The van der Waals surface area contributed by atoms with E-state index in [9.17, 15) is 0 Å². The molecule has 0 nitrogen and oxygen atoms in total. The predicted molar refractivity (Wildman–Crippen MR) is 55.1 cm³/mol. The van der Waals surface area contributed by atoms with Gasteiger partial charge in [-0.15, -0.1) is 0 Å². The van der Waals surface area contributed by atoms with Crippen LogP contribution in [0.1, 0.15) is 47.0 Å². The molecule has 0 fully saturated rings. The van der Waals surface area contributed by atoms with Gasteiger partial charge in [0.2, 0.25) is 0 Å². The molecule has 0 spiro atoms. The monoisotopic (exact) mass is 166 g/mol. The van der Waals surface area contributed by atoms with E-state index in [1.54, 1.807) is 5.57 Å². The van der Waals surface area contributed by atoms with Gasteiger partial charge in [-0.05, 0) is 37.0 Å². The molecule has 12 heavy (non-hydrogen) atoms. The van der Waals surface area contributed by atoms with E-state index < -0.39 is 0 Å². The predicted octanol–water partition coefficient (Wildman–Crippen LogP) is 4.02. The third-order valence-corrected chi connectivity index (χ3v) is 3.00. The Hall–Kier alpha value is -0.260. The lowest BCUT2D eigenvalue weighted by atomic mass is 9.80. The first-order valence-corrected chi connectivity index (χ1v) is 5.27. The molecule has 70 valence electrons. The largest absolute Gasteiger partial charge is 0.0850 e. The highest BCUT2D eigenvalue weighted by Gasteiger charge is 2.18. The summed E-state index contributed by atoms with van der Waals surface area (Å²) in [6.45, 7) is 9.37. The zero-order chi connectivity index (χ0) is 9.14.